The maximum Gasteiger partial charge on any atom is 0.207 e. The molecule has 1 fully saturated rings. The maximum absolute atomic E-state index is 14.2. The smallest absolute Gasteiger partial charge is 0.207 e. The van der Waals surface area contributed by atoms with Crippen LogP contribution in [0.3, 0.4) is 0 Å². The zero-order valence-electron chi connectivity index (χ0n) is 20.0. The van der Waals surface area contributed by atoms with E-state index in [1.165, 1.54) is 30.5 Å². The number of nitrogens with zero attached hydrogens (tertiary/aromatic N) is 1. The molecule has 1 saturated carbocycles. The van der Waals surface area contributed by atoms with Crippen molar-refractivity contribution in [1.82, 2.24) is 10.2 Å². The minimum Gasteiger partial charge on any atom is -0.396 e. The molecule has 7 heteroatoms. The van der Waals surface area contributed by atoms with Crippen LogP contribution < -0.4 is 11.1 Å². The van der Waals surface area contributed by atoms with Crippen LogP contribution in [0.5, 0.6) is 0 Å². The van der Waals surface area contributed by atoms with E-state index in [0.717, 1.165) is 49.9 Å². The number of rotatable bonds is 13. The second-order valence-electron chi connectivity index (χ2n) is 9.33. The zero-order chi connectivity index (χ0) is 24.5. The molecule has 0 saturated heterocycles. The normalized spacial score (nSPS) is 17.0. The van der Waals surface area contributed by atoms with Crippen molar-refractivity contribution in [3.8, 4) is 0 Å². The number of anilines is 1. The van der Waals surface area contributed by atoms with Crippen molar-refractivity contribution in [3.05, 3.63) is 64.8 Å². The molecule has 0 aliphatic heterocycles. The van der Waals surface area contributed by atoms with Gasteiger partial charge < -0.3 is 21.1 Å². The molecule has 0 radical (unpaired) electrons. The van der Waals surface area contributed by atoms with Crippen LogP contribution >= 0.6 is 0 Å². The topological polar surface area (TPSA) is 102 Å². The maximum atomic E-state index is 14.2. The number of aliphatic hydroxyl groups is 1. The van der Waals surface area contributed by atoms with Gasteiger partial charge >= 0.3 is 0 Å². The molecule has 2 aliphatic rings. The number of halogens is 1. The van der Waals surface area contributed by atoms with Crippen LogP contribution in [-0.4, -0.2) is 35.4 Å². The van der Waals surface area contributed by atoms with E-state index in [0.29, 0.717) is 30.4 Å². The van der Waals surface area contributed by atoms with Gasteiger partial charge in [0.05, 0.1) is 5.69 Å². The summed E-state index contributed by atoms with van der Waals surface area (Å²) in [5, 5.41) is 21.5. The summed E-state index contributed by atoms with van der Waals surface area (Å²) >= 11 is 0. The van der Waals surface area contributed by atoms with Crippen LogP contribution in [0, 0.1) is 23.1 Å². The second kappa shape index (κ2) is 12.5. The lowest BCUT2D eigenvalue weighted by molar-refractivity contribution is -0.109. The van der Waals surface area contributed by atoms with Gasteiger partial charge in [0.15, 0.2) is 0 Å². The van der Waals surface area contributed by atoms with E-state index in [9.17, 15) is 14.3 Å². The van der Waals surface area contributed by atoms with Crippen LogP contribution in [0.15, 0.2) is 53.4 Å². The summed E-state index contributed by atoms with van der Waals surface area (Å²) in [6, 6.07) is 4.46. The number of aliphatic hydroxyl groups excluding tert-OH is 1. The summed E-state index contributed by atoms with van der Waals surface area (Å²) in [5.41, 5.74) is 9.46. The summed E-state index contributed by atoms with van der Waals surface area (Å²) in [6.45, 7) is 2.71. The van der Waals surface area contributed by atoms with Gasteiger partial charge in [0.25, 0.3) is 0 Å². The van der Waals surface area contributed by atoms with Crippen molar-refractivity contribution in [1.29, 1.82) is 5.41 Å². The van der Waals surface area contributed by atoms with Gasteiger partial charge in [0, 0.05) is 36.5 Å². The van der Waals surface area contributed by atoms with E-state index in [2.05, 4.69) is 30.5 Å². The third-order valence-electron chi connectivity index (χ3n) is 6.53. The number of nitrogens with one attached hydrogen (secondary N) is 2. The number of carbonyl (C=O) groups is 1. The van der Waals surface area contributed by atoms with Gasteiger partial charge in [-0.15, -0.1) is 0 Å². The van der Waals surface area contributed by atoms with Gasteiger partial charge in [-0.1, -0.05) is 24.6 Å². The molecule has 0 spiro atoms. The number of carbonyl (C=O) groups excluding carboxylic acids is 1. The lowest BCUT2D eigenvalue weighted by Gasteiger charge is -2.32. The second-order valence-corrected chi connectivity index (χ2v) is 9.33. The molecule has 0 bridgehead atoms. The van der Waals surface area contributed by atoms with Gasteiger partial charge in [0.1, 0.15) is 11.7 Å². The third kappa shape index (κ3) is 7.03. The van der Waals surface area contributed by atoms with Crippen LogP contribution in [0.2, 0.25) is 0 Å². The molecule has 6 nitrogen and oxygen atoms in total. The Balaban J connectivity index is 1.84. The fourth-order valence-electron chi connectivity index (χ4n) is 4.40. The molecular formula is C27H37FN4O2. The predicted molar refractivity (Wildman–Crippen MR) is 134 cm³/mol. The van der Waals surface area contributed by atoms with Gasteiger partial charge in [-0.3, -0.25) is 10.2 Å². The lowest BCUT2D eigenvalue weighted by atomic mass is 9.96. The number of amides is 1. The van der Waals surface area contributed by atoms with Gasteiger partial charge in [0.2, 0.25) is 6.41 Å². The monoisotopic (exact) mass is 468 g/mol. The van der Waals surface area contributed by atoms with Gasteiger partial charge in [-0.05, 0) is 81.1 Å². The lowest BCUT2D eigenvalue weighted by Crippen LogP contribution is -2.31. The highest BCUT2D eigenvalue weighted by molar-refractivity contribution is 5.99. The number of nitrogen functional groups attached to an aromatic ring is 1. The van der Waals surface area contributed by atoms with Crippen molar-refractivity contribution >= 4 is 17.9 Å². The van der Waals surface area contributed by atoms with Gasteiger partial charge in [-0.25, -0.2) is 4.39 Å². The summed E-state index contributed by atoms with van der Waals surface area (Å²) in [5.74, 6) is 0.720. The van der Waals surface area contributed by atoms with Crippen LogP contribution in [0.1, 0.15) is 63.9 Å². The molecule has 5 N–H and O–H groups in total. The Labute approximate surface area is 201 Å². The van der Waals surface area contributed by atoms with E-state index in [1.807, 2.05) is 4.90 Å². The molecule has 1 amide bonds. The first kappa shape index (κ1) is 25.7. The van der Waals surface area contributed by atoms with Crippen LogP contribution in [0.4, 0.5) is 10.1 Å². The number of unbranched alkanes of at least 4 members (excludes halogenated alkanes) is 1. The molecule has 3 rings (SSSR count). The Morgan fingerprint density at radius 2 is 2.15 bits per heavy atom. The largest absolute Gasteiger partial charge is 0.396 e. The fraction of sp³-hybridized carbons (Fsp3) is 0.481. The van der Waals surface area contributed by atoms with Crippen molar-refractivity contribution in [3.63, 3.8) is 0 Å². The molecular weight excluding hydrogens is 431 g/mol. The quantitative estimate of drug-likeness (QED) is 0.109. The SMILES string of the molecule is CC(CCC/C=C(\CCO)N(C(=N)c1ccc(N)c(F)c1)C1=CC=C(C2CC2)CC1)CNC=O. The first-order valence-electron chi connectivity index (χ1n) is 12.2. The van der Waals surface area contributed by atoms with E-state index in [1.54, 1.807) is 6.07 Å². The standard InChI is InChI=1S/C27H37FN4O2/c1-19(17-31-18-34)4-2-3-5-23(14-15-33)32(24-11-8-21(9-12-24)20-6-7-20)27(30)22-10-13-26(29)25(28)16-22/h5,8,10-11,13,16,18-20,30,33H,2-4,6-7,9,12,14-15,17,29H2,1H3,(H,31,34)/b23-5+,30-27?. The average Bonchev–Trinajstić information content (AvgIpc) is 3.68. The highest BCUT2D eigenvalue weighted by Gasteiger charge is 2.29. The summed E-state index contributed by atoms with van der Waals surface area (Å²) in [6.07, 6.45) is 14.4. The first-order valence-corrected chi connectivity index (χ1v) is 12.2. The van der Waals surface area contributed by atoms with E-state index >= 15 is 0 Å². The molecule has 184 valence electrons. The number of amidine groups is 1. The molecule has 1 atom stereocenters. The van der Waals surface area contributed by atoms with Crippen LogP contribution in [0.25, 0.3) is 0 Å². The summed E-state index contributed by atoms with van der Waals surface area (Å²) < 4.78 is 14.2. The Morgan fingerprint density at radius 3 is 2.76 bits per heavy atom. The fourth-order valence-corrected chi connectivity index (χ4v) is 4.40. The first-order chi connectivity index (χ1) is 16.4. The Bertz CT molecular complexity index is 965. The van der Waals surface area contributed by atoms with E-state index in [-0.39, 0.29) is 18.1 Å². The van der Waals surface area contributed by atoms with Crippen molar-refractivity contribution < 1.29 is 14.3 Å². The predicted octanol–water partition coefficient (Wildman–Crippen LogP) is 4.87. The minimum atomic E-state index is -0.540. The molecule has 1 unspecified atom stereocenters. The Morgan fingerprint density at radius 1 is 1.35 bits per heavy atom. The zero-order valence-corrected chi connectivity index (χ0v) is 20.0. The van der Waals surface area contributed by atoms with Crippen molar-refractivity contribution in [2.75, 3.05) is 18.9 Å². The summed E-state index contributed by atoms with van der Waals surface area (Å²) in [4.78, 5) is 12.4. The Hall–Kier alpha value is -2.93. The third-order valence-corrected chi connectivity index (χ3v) is 6.53. The number of benzene rings is 1. The highest BCUT2D eigenvalue weighted by atomic mass is 19.1. The Kier molecular flexibility index (Phi) is 9.45. The number of allylic oxidation sites excluding steroid dienone is 5. The van der Waals surface area contributed by atoms with Gasteiger partial charge in [-0.2, -0.15) is 0 Å². The molecule has 2 aliphatic carbocycles. The summed E-state index contributed by atoms with van der Waals surface area (Å²) in [7, 11) is 0. The van der Waals surface area contributed by atoms with E-state index in [4.69, 9.17) is 11.1 Å². The molecule has 1 aromatic carbocycles. The molecule has 0 aromatic heterocycles. The number of hydrogen-bond donors (Lipinski definition) is 4. The molecule has 0 heterocycles. The number of hydrogen-bond acceptors (Lipinski definition) is 4. The van der Waals surface area contributed by atoms with Crippen LogP contribution in [-0.2, 0) is 4.79 Å². The average molecular weight is 469 g/mol. The molecule has 34 heavy (non-hydrogen) atoms. The van der Waals surface area contributed by atoms with Crippen molar-refractivity contribution in [2.45, 2.75) is 58.3 Å². The highest BCUT2D eigenvalue weighted by Crippen LogP contribution is 2.41. The number of nitrogens with two attached hydrogens (primary N) is 1. The van der Waals surface area contributed by atoms with Crippen molar-refractivity contribution in [2.24, 2.45) is 11.8 Å². The minimum absolute atomic E-state index is 0.0399. The van der Waals surface area contributed by atoms with E-state index < -0.39 is 5.82 Å². The molecule has 1 aromatic rings.